The van der Waals surface area contributed by atoms with Gasteiger partial charge in [-0.05, 0) is 33.4 Å². The standard InChI is InChI=1S/C14H24N2O3/c1-15(2)11-5-8-16(10-11)12(17)9-14(13(18)19)6-3-4-7-14/h11H,3-10H2,1-2H3,(H,18,19). The van der Waals surface area contributed by atoms with Crippen molar-refractivity contribution in [3.05, 3.63) is 0 Å². The van der Waals surface area contributed by atoms with E-state index in [2.05, 4.69) is 4.90 Å². The maximum absolute atomic E-state index is 12.3. The van der Waals surface area contributed by atoms with Crippen molar-refractivity contribution in [2.75, 3.05) is 27.2 Å². The van der Waals surface area contributed by atoms with Gasteiger partial charge in [0.25, 0.3) is 0 Å². The van der Waals surface area contributed by atoms with Crippen LogP contribution >= 0.6 is 0 Å². The fourth-order valence-corrected chi connectivity index (χ4v) is 3.31. The van der Waals surface area contributed by atoms with Crippen LogP contribution in [0.3, 0.4) is 0 Å². The molecule has 0 aromatic heterocycles. The lowest BCUT2D eigenvalue weighted by Crippen LogP contribution is -2.39. The predicted octanol–water partition coefficient (Wildman–Crippen LogP) is 1.18. The number of carbonyl (C=O) groups is 2. The van der Waals surface area contributed by atoms with Crippen LogP contribution in [0.25, 0.3) is 0 Å². The molecular weight excluding hydrogens is 244 g/mol. The predicted molar refractivity (Wildman–Crippen MR) is 71.8 cm³/mol. The van der Waals surface area contributed by atoms with Crippen molar-refractivity contribution in [2.45, 2.75) is 44.6 Å². The summed E-state index contributed by atoms with van der Waals surface area (Å²) in [5.41, 5.74) is -0.784. The number of carboxylic acids is 1. The summed E-state index contributed by atoms with van der Waals surface area (Å²) in [5.74, 6) is -0.768. The van der Waals surface area contributed by atoms with Crippen molar-refractivity contribution in [3.8, 4) is 0 Å². The van der Waals surface area contributed by atoms with Gasteiger partial charge in [-0.3, -0.25) is 9.59 Å². The Morgan fingerprint density at radius 3 is 2.42 bits per heavy atom. The van der Waals surface area contributed by atoms with E-state index in [1.165, 1.54) is 0 Å². The van der Waals surface area contributed by atoms with E-state index in [9.17, 15) is 14.7 Å². The van der Waals surface area contributed by atoms with E-state index in [4.69, 9.17) is 0 Å². The third-order valence-electron chi connectivity index (χ3n) is 4.75. The summed E-state index contributed by atoms with van der Waals surface area (Å²) in [4.78, 5) is 27.8. The van der Waals surface area contributed by atoms with Gasteiger partial charge >= 0.3 is 5.97 Å². The van der Waals surface area contributed by atoms with Crippen molar-refractivity contribution in [2.24, 2.45) is 5.41 Å². The zero-order valence-corrected chi connectivity index (χ0v) is 11.9. The minimum Gasteiger partial charge on any atom is -0.481 e. The second-order valence-electron chi connectivity index (χ2n) is 6.22. The van der Waals surface area contributed by atoms with E-state index >= 15 is 0 Å². The molecule has 0 aromatic rings. The zero-order valence-electron chi connectivity index (χ0n) is 11.9. The molecule has 5 heteroatoms. The van der Waals surface area contributed by atoms with Crippen LogP contribution < -0.4 is 0 Å². The Labute approximate surface area is 114 Å². The highest BCUT2D eigenvalue weighted by Crippen LogP contribution is 2.42. The Kier molecular flexibility index (Phi) is 4.13. The lowest BCUT2D eigenvalue weighted by molar-refractivity contribution is -0.153. The molecule has 19 heavy (non-hydrogen) atoms. The monoisotopic (exact) mass is 268 g/mol. The molecule has 1 saturated carbocycles. The van der Waals surface area contributed by atoms with Crippen LogP contribution in [0.4, 0.5) is 0 Å². The van der Waals surface area contributed by atoms with E-state index in [1.807, 2.05) is 19.0 Å². The normalized spacial score (nSPS) is 26.1. The molecule has 0 bridgehead atoms. The van der Waals surface area contributed by atoms with E-state index in [1.54, 1.807) is 0 Å². The fourth-order valence-electron chi connectivity index (χ4n) is 3.31. The molecule has 1 aliphatic carbocycles. The van der Waals surface area contributed by atoms with E-state index in [-0.39, 0.29) is 12.3 Å². The smallest absolute Gasteiger partial charge is 0.310 e. The molecule has 1 N–H and O–H groups in total. The number of carboxylic acid groups (broad SMARTS) is 1. The van der Waals surface area contributed by atoms with Crippen molar-refractivity contribution in [3.63, 3.8) is 0 Å². The second-order valence-corrected chi connectivity index (χ2v) is 6.22. The minimum absolute atomic E-state index is 0.0219. The largest absolute Gasteiger partial charge is 0.481 e. The first-order valence-corrected chi connectivity index (χ1v) is 7.12. The molecular formula is C14H24N2O3. The van der Waals surface area contributed by atoms with Crippen LogP contribution in [-0.4, -0.2) is 60.0 Å². The number of carbonyl (C=O) groups excluding carboxylic acids is 1. The summed E-state index contributed by atoms with van der Waals surface area (Å²) < 4.78 is 0. The maximum atomic E-state index is 12.3. The number of likely N-dealkylation sites (N-methyl/N-ethyl adjacent to an activating group) is 1. The Bertz CT molecular complexity index is 362. The highest BCUT2D eigenvalue weighted by molar-refractivity contribution is 5.85. The molecule has 1 heterocycles. The summed E-state index contributed by atoms with van der Waals surface area (Å²) in [6.07, 6.45) is 4.33. The van der Waals surface area contributed by atoms with Gasteiger partial charge in [0.1, 0.15) is 0 Å². The van der Waals surface area contributed by atoms with Crippen LogP contribution in [-0.2, 0) is 9.59 Å². The lowest BCUT2D eigenvalue weighted by Gasteiger charge is -2.26. The molecule has 2 rings (SSSR count). The van der Waals surface area contributed by atoms with Gasteiger partial charge in [-0.15, -0.1) is 0 Å². The maximum Gasteiger partial charge on any atom is 0.310 e. The van der Waals surface area contributed by atoms with E-state index < -0.39 is 11.4 Å². The van der Waals surface area contributed by atoms with Gasteiger partial charge in [0.05, 0.1) is 5.41 Å². The number of hydrogen-bond donors (Lipinski definition) is 1. The first-order chi connectivity index (χ1) is 8.94. The molecule has 108 valence electrons. The summed E-state index contributed by atoms with van der Waals surface area (Å²) >= 11 is 0. The lowest BCUT2D eigenvalue weighted by atomic mass is 9.82. The molecule has 1 atom stereocenters. The topological polar surface area (TPSA) is 60.9 Å². The average molecular weight is 268 g/mol. The van der Waals surface area contributed by atoms with Crippen molar-refractivity contribution < 1.29 is 14.7 Å². The fraction of sp³-hybridized carbons (Fsp3) is 0.857. The molecule has 0 spiro atoms. The van der Waals surface area contributed by atoms with Crippen LogP contribution in [0.5, 0.6) is 0 Å². The molecule has 1 amide bonds. The van der Waals surface area contributed by atoms with Crippen LogP contribution in [0.1, 0.15) is 38.5 Å². The van der Waals surface area contributed by atoms with Crippen LogP contribution in [0.2, 0.25) is 0 Å². The number of aliphatic carboxylic acids is 1. The molecule has 0 radical (unpaired) electrons. The van der Waals surface area contributed by atoms with Crippen molar-refractivity contribution in [1.29, 1.82) is 0 Å². The van der Waals surface area contributed by atoms with Gasteiger partial charge in [-0.1, -0.05) is 12.8 Å². The SMILES string of the molecule is CN(C)C1CCN(C(=O)CC2(C(=O)O)CCCC2)C1. The number of hydrogen-bond acceptors (Lipinski definition) is 3. The summed E-state index contributed by atoms with van der Waals surface area (Å²) in [6, 6.07) is 0.410. The number of nitrogens with zero attached hydrogens (tertiary/aromatic N) is 2. The summed E-state index contributed by atoms with van der Waals surface area (Å²) in [6.45, 7) is 1.50. The quantitative estimate of drug-likeness (QED) is 0.832. The third-order valence-corrected chi connectivity index (χ3v) is 4.75. The van der Waals surface area contributed by atoms with Crippen LogP contribution in [0, 0.1) is 5.41 Å². The van der Waals surface area contributed by atoms with Gasteiger partial charge in [0, 0.05) is 25.6 Å². The van der Waals surface area contributed by atoms with Gasteiger partial charge in [0.15, 0.2) is 0 Å². The molecule has 2 aliphatic rings. The Morgan fingerprint density at radius 1 is 1.32 bits per heavy atom. The van der Waals surface area contributed by atoms with E-state index in [0.29, 0.717) is 18.9 Å². The van der Waals surface area contributed by atoms with Gasteiger partial charge < -0.3 is 14.9 Å². The summed E-state index contributed by atoms with van der Waals surface area (Å²) in [7, 11) is 4.04. The third kappa shape index (κ3) is 2.91. The molecule has 5 nitrogen and oxygen atoms in total. The molecule has 1 unspecified atom stereocenters. The van der Waals surface area contributed by atoms with Crippen molar-refractivity contribution >= 4 is 11.9 Å². The number of rotatable bonds is 4. The molecule has 1 saturated heterocycles. The Morgan fingerprint density at radius 2 is 1.95 bits per heavy atom. The average Bonchev–Trinajstić information content (AvgIpc) is 2.97. The van der Waals surface area contributed by atoms with Gasteiger partial charge in [-0.2, -0.15) is 0 Å². The van der Waals surface area contributed by atoms with Crippen molar-refractivity contribution in [1.82, 2.24) is 9.80 Å². The zero-order chi connectivity index (χ0) is 14.0. The minimum atomic E-state index is -0.790. The first kappa shape index (κ1) is 14.3. The highest BCUT2D eigenvalue weighted by atomic mass is 16.4. The molecule has 2 fully saturated rings. The van der Waals surface area contributed by atoms with Crippen LogP contribution in [0.15, 0.2) is 0 Å². The Balaban J connectivity index is 1.96. The van der Waals surface area contributed by atoms with Gasteiger partial charge in [-0.25, -0.2) is 0 Å². The summed E-state index contributed by atoms with van der Waals surface area (Å²) in [5, 5.41) is 9.42. The first-order valence-electron chi connectivity index (χ1n) is 7.12. The van der Waals surface area contributed by atoms with E-state index in [0.717, 1.165) is 32.4 Å². The second kappa shape index (κ2) is 5.49. The van der Waals surface area contributed by atoms with Gasteiger partial charge in [0.2, 0.25) is 5.91 Å². The Hall–Kier alpha value is -1.10. The number of amides is 1. The molecule has 0 aromatic carbocycles. The highest BCUT2D eigenvalue weighted by Gasteiger charge is 2.44. The molecule has 1 aliphatic heterocycles. The number of likely N-dealkylation sites (tertiary alicyclic amines) is 1.